The van der Waals surface area contributed by atoms with Gasteiger partial charge in [-0.3, -0.25) is 0 Å². The Morgan fingerprint density at radius 1 is 1.06 bits per heavy atom. The highest BCUT2D eigenvalue weighted by Crippen LogP contribution is 2.28. The number of thiocarbonyl (C=S) groups is 1. The Morgan fingerprint density at radius 2 is 1.74 bits per heavy atom. The first kappa shape index (κ1) is 26.0. The Bertz CT molecular complexity index is 1370. The molecule has 0 saturated heterocycles. The van der Waals surface area contributed by atoms with Crippen molar-refractivity contribution in [1.29, 1.82) is 0 Å². The largest absolute Gasteiger partial charge is 0.415 e. The first-order valence-electron chi connectivity index (χ1n) is 10.7. The van der Waals surface area contributed by atoms with Crippen molar-refractivity contribution < 1.29 is 17.9 Å². The Labute approximate surface area is 210 Å². The van der Waals surface area contributed by atoms with Crippen LogP contribution in [0.3, 0.4) is 0 Å². The number of primary sulfonamides is 1. The first-order chi connectivity index (χ1) is 16.6. The van der Waals surface area contributed by atoms with Gasteiger partial charge in [0.2, 0.25) is 10.0 Å². The van der Waals surface area contributed by atoms with Crippen LogP contribution in [0.15, 0.2) is 82.7 Å². The summed E-state index contributed by atoms with van der Waals surface area (Å²) in [5.74, 6) is 0.643. The molecule has 0 aromatic heterocycles. The minimum Gasteiger partial charge on any atom is -0.410 e. The number of benzene rings is 3. The van der Waals surface area contributed by atoms with Crippen LogP contribution in [0.25, 0.3) is 11.1 Å². The van der Waals surface area contributed by atoms with E-state index in [1.165, 1.54) is 11.0 Å². The lowest BCUT2D eigenvalue weighted by molar-refractivity contribution is 0.161. The molecule has 182 valence electrons. The molecule has 0 aliphatic carbocycles. The van der Waals surface area contributed by atoms with E-state index in [4.69, 9.17) is 27.8 Å². The molecule has 0 bridgehead atoms. The molecule has 0 aliphatic heterocycles. The summed E-state index contributed by atoms with van der Waals surface area (Å²) in [6.45, 7) is 2.20. The number of carbonyl (C=O) groups is 1. The van der Waals surface area contributed by atoms with Crippen molar-refractivity contribution in [1.82, 2.24) is 4.90 Å². The second kappa shape index (κ2) is 11.2. The standard InChI is InChI=1S/C25H26N4O4S2/c1-3-23(34)28-24(26)19-8-6-7-17(15-19)16-29(2)25(30)33-20-13-11-18(12-14-20)21-9-4-5-10-22(21)35(27,31)32/h4-15H,3,16H2,1-2H3,(H2,26,28,34)(H2,27,31,32). The summed E-state index contributed by atoms with van der Waals surface area (Å²) in [6, 6.07) is 20.3. The van der Waals surface area contributed by atoms with Crippen LogP contribution >= 0.6 is 12.2 Å². The number of aliphatic imine (C=N–C) groups is 1. The topological polar surface area (TPSA) is 128 Å². The van der Waals surface area contributed by atoms with E-state index in [9.17, 15) is 13.2 Å². The van der Waals surface area contributed by atoms with Crippen LogP contribution in [0, 0.1) is 0 Å². The summed E-state index contributed by atoms with van der Waals surface area (Å²) >= 11 is 5.12. The highest BCUT2D eigenvalue weighted by Gasteiger charge is 2.16. The van der Waals surface area contributed by atoms with Gasteiger partial charge < -0.3 is 15.4 Å². The Hall–Kier alpha value is -3.60. The van der Waals surface area contributed by atoms with Crippen molar-refractivity contribution in [3.05, 3.63) is 83.9 Å². The highest BCUT2D eigenvalue weighted by molar-refractivity contribution is 7.89. The number of nitrogens with two attached hydrogens (primary N) is 2. The second-order valence-corrected chi connectivity index (χ2v) is 9.74. The molecular formula is C25H26N4O4S2. The molecule has 4 N–H and O–H groups in total. The molecular weight excluding hydrogens is 484 g/mol. The van der Waals surface area contributed by atoms with E-state index in [0.29, 0.717) is 34.1 Å². The predicted molar refractivity (Wildman–Crippen MR) is 141 cm³/mol. The number of hydrogen-bond donors (Lipinski definition) is 2. The first-order valence-corrected chi connectivity index (χ1v) is 12.7. The minimum atomic E-state index is -3.88. The quantitative estimate of drug-likeness (QED) is 0.280. The predicted octanol–water partition coefficient (Wildman–Crippen LogP) is 4.07. The number of carbonyl (C=O) groups excluding carboxylic acids is 1. The molecule has 0 aliphatic rings. The molecule has 0 fully saturated rings. The van der Waals surface area contributed by atoms with E-state index >= 15 is 0 Å². The summed E-state index contributed by atoms with van der Waals surface area (Å²) in [5, 5.41) is 5.32. The summed E-state index contributed by atoms with van der Waals surface area (Å²) in [4.78, 5) is 18.8. The van der Waals surface area contributed by atoms with Crippen LogP contribution in [-0.4, -0.2) is 37.3 Å². The zero-order chi connectivity index (χ0) is 25.6. The number of rotatable bonds is 7. The van der Waals surface area contributed by atoms with E-state index in [2.05, 4.69) is 4.99 Å². The summed E-state index contributed by atoms with van der Waals surface area (Å²) in [7, 11) is -2.26. The van der Waals surface area contributed by atoms with Gasteiger partial charge in [0.05, 0.1) is 4.90 Å². The monoisotopic (exact) mass is 510 g/mol. The van der Waals surface area contributed by atoms with E-state index in [-0.39, 0.29) is 11.4 Å². The van der Waals surface area contributed by atoms with Gasteiger partial charge in [-0.2, -0.15) is 0 Å². The number of amides is 1. The summed E-state index contributed by atoms with van der Waals surface area (Å²) in [6.07, 6.45) is 0.0751. The van der Waals surface area contributed by atoms with E-state index in [0.717, 1.165) is 11.1 Å². The zero-order valence-electron chi connectivity index (χ0n) is 19.3. The van der Waals surface area contributed by atoms with Gasteiger partial charge in [-0.1, -0.05) is 67.7 Å². The SMILES string of the molecule is CCC(=S)N=C(N)c1cccc(CN(C)C(=O)Oc2ccc(-c3ccccc3S(N)(=O)=O)cc2)c1. The van der Waals surface area contributed by atoms with Gasteiger partial charge in [-0.05, 0) is 41.8 Å². The number of ether oxygens (including phenoxy) is 1. The van der Waals surface area contributed by atoms with Crippen LogP contribution in [0.4, 0.5) is 4.79 Å². The number of hydrogen-bond acceptors (Lipinski definition) is 5. The fraction of sp³-hybridized carbons (Fsp3) is 0.160. The van der Waals surface area contributed by atoms with Crippen LogP contribution < -0.4 is 15.6 Å². The Kier molecular flexibility index (Phi) is 8.34. The fourth-order valence-corrected chi connectivity index (χ4v) is 4.14. The van der Waals surface area contributed by atoms with Crippen molar-refractivity contribution in [3.8, 4) is 16.9 Å². The van der Waals surface area contributed by atoms with Gasteiger partial charge in [0.25, 0.3) is 0 Å². The molecule has 0 radical (unpaired) electrons. The van der Waals surface area contributed by atoms with Crippen molar-refractivity contribution in [2.45, 2.75) is 24.8 Å². The third-order valence-corrected chi connectivity index (χ3v) is 6.41. The number of sulfonamides is 1. The molecule has 35 heavy (non-hydrogen) atoms. The Morgan fingerprint density at radius 3 is 2.40 bits per heavy atom. The maximum atomic E-state index is 12.6. The molecule has 1 amide bonds. The number of nitrogens with zero attached hydrogens (tertiary/aromatic N) is 2. The molecule has 0 unspecified atom stereocenters. The average molecular weight is 511 g/mol. The zero-order valence-corrected chi connectivity index (χ0v) is 21.0. The van der Waals surface area contributed by atoms with Gasteiger partial charge in [0, 0.05) is 24.7 Å². The fourth-order valence-electron chi connectivity index (χ4n) is 3.28. The van der Waals surface area contributed by atoms with Crippen molar-refractivity contribution in [3.63, 3.8) is 0 Å². The Balaban J connectivity index is 1.69. The van der Waals surface area contributed by atoms with Crippen molar-refractivity contribution in [2.24, 2.45) is 15.9 Å². The van der Waals surface area contributed by atoms with Gasteiger partial charge in [-0.25, -0.2) is 23.3 Å². The second-order valence-electron chi connectivity index (χ2n) is 7.73. The normalized spacial score (nSPS) is 11.7. The maximum Gasteiger partial charge on any atom is 0.415 e. The molecule has 3 aromatic carbocycles. The lowest BCUT2D eigenvalue weighted by Crippen LogP contribution is -2.29. The molecule has 8 nitrogen and oxygen atoms in total. The molecule has 0 spiro atoms. The molecule has 10 heteroatoms. The molecule has 3 aromatic rings. The average Bonchev–Trinajstić information content (AvgIpc) is 2.84. The van der Waals surface area contributed by atoms with Crippen LogP contribution in [-0.2, 0) is 16.6 Å². The van der Waals surface area contributed by atoms with Crippen molar-refractivity contribution >= 4 is 39.2 Å². The smallest absolute Gasteiger partial charge is 0.410 e. The molecule has 0 atom stereocenters. The maximum absolute atomic E-state index is 12.6. The third-order valence-electron chi connectivity index (χ3n) is 5.07. The lowest BCUT2D eigenvalue weighted by Gasteiger charge is -2.17. The van der Waals surface area contributed by atoms with Gasteiger partial charge in [0.15, 0.2) is 0 Å². The molecule has 3 rings (SSSR count). The van der Waals surface area contributed by atoms with Crippen molar-refractivity contribution in [2.75, 3.05) is 7.05 Å². The minimum absolute atomic E-state index is 0.0221. The summed E-state index contributed by atoms with van der Waals surface area (Å²) in [5.41, 5.74) is 8.69. The van der Waals surface area contributed by atoms with E-state index < -0.39 is 16.1 Å². The van der Waals surface area contributed by atoms with Crippen LogP contribution in [0.2, 0.25) is 0 Å². The van der Waals surface area contributed by atoms with Gasteiger partial charge >= 0.3 is 6.09 Å². The van der Waals surface area contributed by atoms with E-state index in [1.54, 1.807) is 49.5 Å². The molecule has 0 saturated carbocycles. The van der Waals surface area contributed by atoms with Gasteiger partial charge in [0.1, 0.15) is 16.6 Å². The molecule has 0 heterocycles. The third kappa shape index (κ3) is 6.95. The van der Waals surface area contributed by atoms with Crippen LogP contribution in [0.1, 0.15) is 24.5 Å². The number of amidine groups is 1. The van der Waals surface area contributed by atoms with Gasteiger partial charge in [-0.15, -0.1) is 0 Å². The summed E-state index contributed by atoms with van der Waals surface area (Å²) < 4.78 is 29.2. The highest BCUT2D eigenvalue weighted by atomic mass is 32.2. The van der Waals surface area contributed by atoms with Crippen LogP contribution in [0.5, 0.6) is 5.75 Å². The lowest BCUT2D eigenvalue weighted by atomic mass is 10.1. The van der Waals surface area contributed by atoms with E-state index in [1.807, 2.05) is 31.2 Å².